The SMILES string of the molecule is C=C[C@H](NC(=O)[C@@H](C)O[C@@H]1CCO[C@H](COCO)C1)C(=O)N[C@H](CCC(=O)OCc1ccccc1)C(=O)OCC. The number of esters is 2. The number of rotatable bonds is 17. The number of hydrogen-bond donors (Lipinski definition) is 3. The molecule has 0 saturated carbocycles. The van der Waals surface area contributed by atoms with Gasteiger partial charge in [0.15, 0.2) is 0 Å². The number of carbonyl (C=O) groups is 4. The summed E-state index contributed by atoms with van der Waals surface area (Å²) in [5, 5.41) is 13.9. The maximum Gasteiger partial charge on any atom is 0.328 e. The molecule has 1 aromatic rings. The maximum absolute atomic E-state index is 12.9. The van der Waals surface area contributed by atoms with E-state index in [2.05, 4.69) is 17.2 Å². The van der Waals surface area contributed by atoms with Crippen molar-refractivity contribution in [1.82, 2.24) is 10.6 Å². The normalized spacial score (nSPS) is 19.0. The molecule has 12 heteroatoms. The summed E-state index contributed by atoms with van der Waals surface area (Å²) in [6.45, 7) is 7.18. The van der Waals surface area contributed by atoms with Gasteiger partial charge in [-0.15, -0.1) is 6.58 Å². The monoisotopic (exact) mass is 564 g/mol. The van der Waals surface area contributed by atoms with E-state index >= 15 is 0 Å². The average Bonchev–Trinajstić information content (AvgIpc) is 2.96. The van der Waals surface area contributed by atoms with Crippen molar-refractivity contribution in [3.8, 4) is 0 Å². The van der Waals surface area contributed by atoms with Gasteiger partial charge in [-0.25, -0.2) is 4.79 Å². The molecule has 0 aliphatic carbocycles. The Kier molecular flexibility index (Phi) is 14.9. The lowest BCUT2D eigenvalue weighted by atomic mass is 10.1. The number of ether oxygens (including phenoxy) is 5. The van der Waals surface area contributed by atoms with Gasteiger partial charge in [0.1, 0.15) is 31.6 Å². The Bertz CT molecular complexity index is 958. The first kappa shape index (κ1) is 32.9. The first-order valence-corrected chi connectivity index (χ1v) is 13.3. The fourth-order valence-electron chi connectivity index (χ4n) is 3.95. The van der Waals surface area contributed by atoms with E-state index in [-0.39, 0.29) is 44.9 Å². The van der Waals surface area contributed by atoms with Crippen LogP contribution < -0.4 is 10.6 Å². The van der Waals surface area contributed by atoms with E-state index in [0.717, 1.165) is 5.56 Å². The van der Waals surface area contributed by atoms with Crippen molar-refractivity contribution >= 4 is 23.8 Å². The average molecular weight is 565 g/mol. The number of hydrogen-bond acceptors (Lipinski definition) is 10. The van der Waals surface area contributed by atoms with Crippen molar-refractivity contribution in [3.05, 3.63) is 48.6 Å². The molecule has 5 atom stereocenters. The highest BCUT2D eigenvalue weighted by molar-refractivity contribution is 5.93. The minimum Gasteiger partial charge on any atom is -0.464 e. The molecule has 2 rings (SSSR count). The maximum atomic E-state index is 12.9. The van der Waals surface area contributed by atoms with E-state index in [0.29, 0.717) is 19.4 Å². The standard InChI is InChI=1S/C28H40N2O10/c1-4-23(29-26(33)19(3)40-21-13-14-38-22(15-21)17-36-18-31)27(34)30-24(28(35)37-5-2)11-12-25(32)39-16-20-9-7-6-8-10-20/h4,6-10,19,21-24,31H,1,5,11-18H2,2-3H3,(H,29,33)(H,30,34)/t19-,21-,22+,23+,24-/m1/s1. The van der Waals surface area contributed by atoms with Gasteiger partial charge in [0.25, 0.3) is 0 Å². The highest BCUT2D eigenvalue weighted by Crippen LogP contribution is 2.19. The second-order valence-electron chi connectivity index (χ2n) is 9.14. The van der Waals surface area contributed by atoms with Crippen molar-refractivity contribution < 1.29 is 48.0 Å². The summed E-state index contributed by atoms with van der Waals surface area (Å²) in [6, 6.07) is 6.84. The van der Waals surface area contributed by atoms with Crippen LogP contribution in [0.4, 0.5) is 0 Å². The summed E-state index contributed by atoms with van der Waals surface area (Å²) in [4.78, 5) is 50.4. The minimum absolute atomic E-state index is 0.0551. The van der Waals surface area contributed by atoms with E-state index in [4.69, 9.17) is 28.8 Å². The van der Waals surface area contributed by atoms with Crippen LogP contribution in [0.5, 0.6) is 0 Å². The third kappa shape index (κ3) is 11.8. The molecule has 3 N–H and O–H groups in total. The second-order valence-corrected chi connectivity index (χ2v) is 9.14. The van der Waals surface area contributed by atoms with Crippen molar-refractivity contribution in [2.75, 3.05) is 26.6 Å². The highest BCUT2D eigenvalue weighted by atomic mass is 16.6. The highest BCUT2D eigenvalue weighted by Gasteiger charge is 2.30. The third-order valence-corrected chi connectivity index (χ3v) is 6.06. The molecule has 0 bridgehead atoms. The van der Waals surface area contributed by atoms with E-state index in [1.54, 1.807) is 13.8 Å². The van der Waals surface area contributed by atoms with Crippen LogP contribution in [0.3, 0.4) is 0 Å². The van der Waals surface area contributed by atoms with Crippen LogP contribution in [0.2, 0.25) is 0 Å². The molecule has 0 spiro atoms. The van der Waals surface area contributed by atoms with Crippen LogP contribution >= 0.6 is 0 Å². The van der Waals surface area contributed by atoms with Crippen LogP contribution in [0, 0.1) is 0 Å². The molecular formula is C28H40N2O10. The van der Waals surface area contributed by atoms with E-state index < -0.39 is 48.7 Å². The Morgan fingerprint density at radius 3 is 2.58 bits per heavy atom. The molecule has 1 aromatic carbocycles. The predicted octanol–water partition coefficient (Wildman–Crippen LogP) is 1.15. The number of amides is 2. The molecular weight excluding hydrogens is 524 g/mol. The van der Waals surface area contributed by atoms with E-state index in [1.165, 1.54) is 6.08 Å². The molecule has 1 fully saturated rings. The van der Waals surface area contributed by atoms with E-state index in [9.17, 15) is 19.2 Å². The Hall–Kier alpha value is -3.32. The third-order valence-electron chi connectivity index (χ3n) is 6.06. The summed E-state index contributed by atoms with van der Waals surface area (Å²) in [7, 11) is 0. The lowest BCUT2D eigenvalue weighted by Gasteiger charge is -2.31. The lowest BCUT2D eigenvalue weighted by molar-refractivity contribution is -0.150. The zero-order valence-corrected chi connectivity index (χ0v) is 23.0. The quantitative estimate of drug-likeness (QED) is 0.142. The Labute approximate surface area is 234 Å². The number of benzene rings is 1. The van der Waals surface area contributed by atoms with Gasteiger partial charge < -0.3 is 39.4 Å². The van der Waals surface area contributed by atoms with Gasteiger partial charge in [0.2, 0.25) is 11.8 Å². The molecule has 0 aromatic heterocycles. The van der Waals surface area contributed by atoms with Gasteiger partial charge >= 0.3 is 11.9 Å². The summed E-state index contributed by atoms with van der Waals surface area (Å²) >= 11 is 0. The Balaban J connectivity index is 1.88. The largest absolute Gasteiger partial charge is 0.464 e. The molecule has 0 unspecified atom stereocenters. The number of aliphatic hydroxyl groups excluding tert-OH is 1. The van der Waals surface area contributed by atoms with Gasteiger partial charge in [-0.05, 0) is 32.3 Å². The van der Waals surface area contributed by atoms with Crippen LogP contribution in [0.15, 0.2) is 43.0 Å². The minimum atomic E-state index is -1.17. The first-order chi connectivity index (χ1) is 19.3. The summed E-state index contributed by atoms with van der Waals surface area (Å²) in [6.07, 6.45) is 0.676. The van der Waals surface area contributed by atoms with E-state index in [1.807, 2.05) is 30.3 Å². The lowest BCUT2D eigenvalue weighted by Crippen LogP contribution is -2.53. The van der Waals surface area contributed by atoms with Crippen molar-refractivity contribution in [2.45, 2.75) is 76.5 Å². The molecule has 0 radical (unpaired) electrons. The molecule has 222 valence electrons. The topological polar surface area (TPSA) is 159 Å². The summed E-state index contributed by atoms with van der Waals surface area (Å²) in [5.74, 6) is -2.49. The number of carbonyl (C=O) groups excluding carboxylic acids is 4. The van der Waals surface area contributed by atoms with Crippen molar-refractivity contribution in [1.29, 1.82) is 0 Å². The first-order valence-electron chi connectivity index (χ1n) is 13.3. The summed E-state index contributed by atoms with van der Waals surface area (Å²) in [5.41, 5.74) is 0.821. The second kappa shape index (κ2) is 18.1. The van der Waals surface area contributed by atoms with Gasteiger partial charge in [-0.3, -0.25) is 14.4 Å². The van der Waals surface area contributed by atoms with Crippen LogP contribution in [0.1, 0.15) is 45.1 Å². The van der Waals surface area contributed by atoms with Gasteiger partial charge in [0.05, 0.1) is 25.4 Å². The van der Waals surface area contributed by atoms with Gasteiger partial charge in [0, 0.05) is 19.4 Å². The van der Waals surface area contributed by atoms with Gasteiger partial charge in [-0.1, -0.05) is 36.4 Å². The molecule has 2 amide bonds. The molecule has 1 heterocycles. The summed E-state index contributed by atoms with van der Waals surface area (Å²) < 4.78 is 26.7. The Morgan fingerprint density at radius 2 is 1.90 bits per heavy atom. The Morgan fingerprint density at radius 1 is 1.15 bits per heavy atom. The zero-order valence-electron chi connectivity index (χ0n) is 23.0. The smallest absolute Gasteiger partial charge is 0.328 e. The van der Waals surface area contributed by atoms with Crippen LogP contribution in [-0.4, -0.2) is 85.9 Å². The number of aliphatic hydroxyl groups is 1. The fraction of sp³-hybridized carbons (Fsp3) is 0.571. The van der Waals surface area contributed by atoms with Gasteiger partial charge in [-0.2, -0.15) is 0 Å². The molecule has 40 heavy (non-hydrogen) atoms. The van der Waals surface area contributed by atoms with Crippen molar-refractivity contribution in [2.24, 2.45) is 0 Å². The zero-order chi connectivity index (χ0) is 29.3. The predicted molar refractivity (Wildman–Crippen MR) is 143 cm³/mol. The molecule has 1 aliphatic heterocycles. The number of nitrogens with one attached hydrogen (secondary N) is 2. The van der Waals surface area contributed by atoms with Crippen LogP contribution in [-0.2, 0) is 49.5 Å². The molecule has 1 saturated heterocycles. The molecule has 1 aliphatic rings. The molecule has 12 nitrogen and oxygen atoms in total. The van der Waals surface area contributed by atoms with Crippen molar-refractivity contribution in [3.63, 3.8) is 0 Å². The van der Waals surface area contributed by atoms with Crippen LogP contribution in [0.25, 0.3) is 0 Å². The fourth-order valence-corrected chi connectivity index (χ4v) is 3.95.